The van der Waals surface area contributed by atoms with E-state index in [-0.39, 0.29) is 12.2 Å². The summed E-state index contributed by atoms with van der Waals surface area (Å²) >= 11 is 3.17. The standard InChI is InChI=1S/C11H10BrF3O3/c1-17-10(16)5-7-4-8(12)2-3-9(7)18-6-11(13,14)15/h2-4H,5-6H2,1H3. The number of methoxy groups -OCH3 is 1. The molecule has 0 fully saturated rings. The van der Waals surface area contributed by atoms with Gasteiger partial charge in [0.15, 0.2) is 6.61 Å². The van der Waals surface area contributed by atoms with Crippen LogP contribution in [-0.2, 0) is 16.0 Å². The lowest BCUT2D eigenvalue weighted by molar-refractivity contribution is -0.153. The highest BCUT2D eigenvalue weighted by Crippen LogP contribution is 2.26. The second-order valence-electron chi connectivity index (χ2n) is 3.41. The number of esters is 1. The van der Waals surface area contributed by atoms with Crippen molar-refractivity contribution in [2.75, 3.05) is 13.7 Å². The van der Waals surface area contributed by atoms with Gasteiger partial charge in [0.05, 0.1) is 13.5 Å². The third-order valence-electron chi connectivity index (χ3n) is 1.98. The van der Waals surface area contributed by atoms with Crippen molar-refractivity contribution in [2.45, 2.75) is 12.6 Å². The largest absolute Gasteiger partial charge is 0.484 e. The Morgan fingerprint density at radius 2 is 2.06 bits per heavy atom. The number of hydrogen-bond acceptors (Lipinski definition) is 3. The van der Waals surface area contributed by atoms with E-state index < -0.39 is 18.8 Å². The Bertz CT molecular complexity index is 432. The molecule has 0 bridgehead atoms. The second kappa shape index (κ2) is 6.08. The third-order valence-corrected chi connectivity index (χ3v) is 2.47. The molecule has 0 saturated carbocycles. The van der Waals surface area contributed by atoms with Gasteiger partial charge in [-0.1, -0.05) is 15.9 Å². The van der Waals surface area contributed by atoms with E-state index in [4.69, 9.17) is 0 Å². The zero-order chi connectivity index (χ0) is 13.8. The number of ether oxygens (including phenoxy) is 2. The van der Waals surface area contributed by atoms with Crippen LogP contribution in [-0.4, -0.2) is 25.9 Å². The monoisotopic (exact) mass is 326 g/mol. The molecule has 1 rings (SSSR count). The number of benzene rings is 1. The van der Waals surface area contributed by atoms with Gasteiger partial charge in [-0.05, 0) is 18.2 Å². The molecule has 0 unspecified atom stereocenters. The zero-order valence-electron chi connectivity index (χ0n) is 9.38. The predicted octanol–water partition coefficient (Wildman–Crippen LogP) is 3.11. The summed E-state index contributed by atoms with van der Waals surface area (Å²) in [5.41, 5.74) is 0.334. The second-order valence-corrected chi connectivity index (χ2v) is 4.32. The molecule has 0 aromatic heterocycles. The summed E-state index contributed by atoms with van der Waals surface area (Å²) in [5, 5.41) is 0. The fraction of sp³-hybridized carbons (Fsp3) is 0.364. The SMILES string of the molecule is COC(=O)Cc1cc(Br)ccc1OCC(F)(F)F. The first-order chi connectivity index (χ1) is 8.31. The molecule has 0 aliphatic carbocycles. The molecular weight excluding hydrogens is 317 g/mol. The summed E-state index contributed by atoms with van der Waals surface area (Å²) in [4.78, 5) is 11.1. The number of rotatable bonds is 4. The number of halogens is 4. The summed E-state index contributed by atoms with van der Waals surface area (Å²) < 4.78 is 45.9. The summed E-state index contributed by atoms with van der Waals surface area (Å²) in [6.07, 6.45) is -4.57. The first-order valence-corrected chi connectivity index (χ1v) is 5.66. The molecule has 3 nitrogen and oxygen atoms in total. The molecule has 0 atom stereocenters. The summed E-state index contributed by atoms with van der Waals surface area (Å²) in [6, 6.07) is 4.42. The average Bonchev–Trinajstić information content (AvgIpc) is 2.26. The van der Waals surface area contributed by atoms with E-state index in [1.165, 1.54) is 25.3 Å². The van der Waals surface area contributed by atoms with Crippen LogP contribution in [0.15, 0.2) is 22.7 Å². The van der Waals surface area contributed by atoms with Crippen LogP contribution in [0.1, 0.15) is 5.56 Å². The van der Waals surface area contributed by atoms with Gasteiger partial charge in [0.1, 0.15) is 5.75 Å². The minimum atomic E-state index is -4.42. The Hall–Kier alpha value is -1.24. The molecule has 0 aliphatic heterocycles. The van der Waals surface area contributed by atoms with Crippen LogP contribution in [0.5, 0.6) is 5.75 Å². The van der Waals surface area contributed by atoms with Gasteiger partial charge in [0.25, 0.3) is 0 Å². The van der Waals surface area contributed by atoms with Gasteiger partial charge in [-0.2, -0.15) is 13.2 Å². The van der Waals surface area contributed by atoms with Gasteiger partial charge in [0.2, 0.25) is 0 Å². The van der Waals surface area contributed by atoms with Crippen LogP contribution in [0.25, 0.3) is 0 Å². The normalized spacial score (nSPS) is 11.2. The van der Waals surface area contributed by atoms with Crippen molar-refractivity contribution in [1.82, 2.24) is 0 Å². The molecule has 0 spiro atoms. The highest BCUT2D eigenvalue weighted by molar-refractivity contribution is 9.10. The third kappa shape index (κ3) is 4.95. The molecule has 0 N–H and O–H groups in total. The summed E-state index contributed by atoms with van der Waals surface area (Å²) in [6.45, 7) is -1.40. The lowest BCUT2D eigenvalue weighted by atomic mass is 10.1. The molecule has 18 heavy (non-hydrogen) atoms. The van der Waals surface area contributed by atoms with E-state index in [1.807, 2.05) is 0 Å². The van der Waals surface area contributed by atoms with Crippen molar-refractivity contribution in [3.05, 3.63) is 28.2 Å². The van der Waals surface area contributed by atoms with Gasteiger partial charge in [-0.25, -0.2) is 0 Å². The molecule has 1 aromatic rings. The number of carbonyl (C=O) groups is 1. The van der Waals surface area contributed by atoms with E-state index in [9.17, 15) is 18.0 Å². The average molecular weight is 327 g/mol. The Morgan fingerprint density at radius 1 is 1.39 bits per heavy atom. The maximum Gasteiger partial charge on any atom is 0.422 e. The fourth-order valence-electron chi connectivity index (χ4n) is 1.21. The first-order valence-electron chi connectivity index (χ1n) is 4.86. The molecule has 0 radical (unpaired) electrons. The minimum Gasteiger partial charge on any atom is -0.484 e. The first kappa shape index (κ1) is 14.8. The van der Waals surface area contributed by atoms with Crippen LogP contribution in [0.3, 0.4) is 0 Å². The molecule has 0 saturated heterocycles. The Labute approximate surface area is 110 Å². The number of alkyl halides is 3. The van der Waals surface area contributed by atoms with Gasteiger partial charge >= 0.3 is 12.1 Å². The van der Waals surface area contributed by atoms with Crippen LogP contribution in [0, 0.1) is 0 Å². The highest BCUT2D eigenvalue weighted by Gasteiger charge is 2.29. The van der Waals surface area contributed by atoms with E-state index in [0.717, 1.165) is 0 Å². The molecule has 0 amide bonds. The molecule has 0 aliphatic rings. The Balaban J connectivity index is 2.86. The van der Waals surface area contributed by atoms with Crippen molar-refractivity contribution < 1.29 is 27.4 Å². The lowest BCUT2D eigenvalue weighted by Gasteiger charge is -2.13. The fourth-order valence-corrected chi connectivity index (χ4v) is 1.62. The van der Waals surface area contributed by atoms with Crippen LogP contribution < -0.4 is 4.74 Å². The Kier molecular flexibility index (Phi) is 5.01. The topological polar surface area (TPSA) is 35.5 Å². The van der Waals surface area contributed by atoms with Crippen LogP contribution >= 0.6 is 15.9 Å². The van der Waals surface area contributed by atoms with Gasteiger partial charge in [0, 0.05) is 10.0 Å². The van der Waals surface area contributed by atoms with Gasteiger partial charge < -0.3 is 9.47 Å². The summed E-state index contributed by atoms with van der Waals surface area (Å²) in [7, 11) is 1.20. The Morgan fingerprint density at radius 3 is 2.61 bits per heavy atom. The van der Waals surface area contributed by atoms with Gasteiger partial charge in [-0.15, -0.1) is 0 Å². The van der Waals surface area contributed by atoms with Gasteiger partial charge in [-0.3, -0.25) is 4.79 Å². The quantitative estimate of drug-likeness (QED) is 0.797. The van der Waals surface area contributed by atoms with Crippen molar-refractivity contribution in [3.8, 4) is 5.75 Å². The van der Waals surface area contributed by atoms with Crippen molar-refractivity contribution in [3.63, 3.8) is 0 Å². The van der Waals surface area contributed by atoms with E-state index >= 15 is 0 Å². The minimum absolute atomic E-state index is 0.0147. The predicted molar refractivity (Wildman–Crippen MR) is 61.4 cm³/mol. The molecule has 7 heteroatoms. The highest BCUT2D eigenvalue weighted by atomic mass is 79.9. The smallest absolute Gasteiger partial charge is 0.422 e. The molecule has 100 valence electrons. The van der Waals surface area contributed by atoms with Crippen molar-refractivity contribution in [2.24, 2.45) is 0 Å². The molecule has 1 aromatic carbocycles. The zero-order valence-corrected chi connectivity index (χ0v) is 11.0. The molecule has 0 heterocycles. The molecular formula is C11H10BrF3O3. The maximum absolute atomic E-state index is 12.1. The van der Waals surface area contributed by atoms with E-state index in [1.54, 1.807) is 0 Å². The van der Waals surface area contributed by atoms with Crippen molar-refractivity contribution >= 4 is 21.9 Å². The maximum atomic E-state index is 12.1. The van der Waals surface area contributed by atoms with E-state index in [0.29, 0.717) is 10.0 Å². The van der Waals surface area contributed by atoms with Crippen LogP contribution in [0.2, 0.25) is 0 Å². The summed E-state index contributed by atoms with van der Waals surface area (Å²) in [5.74, 6) is -0.536. The van der Waals surface area contributed by atoms with Crippen molar-refractivity contribution in [1.29, 1.82) is 0 Å². The number of hydrogen-bond donors (Lipinski definition) is 0. The lowest BCUT2D eigenvalue weighted by Crippen LogP contribution is -2.20. The van der Waals surface area contributed by atoms with Crippen LogP contribution in [0.4, 0.5) is 13.2 Å². The number of carbonyl (C=O) groups excluding carboxylic acids is 1. The van der Waals surface area contributed by atoms with E-state index in [2.05, 4.69) is 25.4 Å².